The van der Waals surface area contributed by atoms with Crippen molar-refractivity contribution in [3.05, 3.63) is 44.3 Å². The van der Waals surface area contributed by atoms with Crippen LogP contribution in [0.25, 0.3) is 0 Å². The summed E-state index contributed by atoms with van der Waals surface area (Å²) in [6.45, 7) is 2.01. The van der Waals surface area contributed by atoms with E-state index >= 15 is 0 Å². The van der Waals surface area contributed by atoms with Crippen LogP contribution in [0, 0.1) is 6.92 Å². The zero-order valence-electron chi connectivity index (χ0n) is 11.5. The van der Waals surface area contributed by atoms with Crippen molar-refractivity contribution in [1.82, 2.24) is 10.4 Å². The maximum absolute atomic E-state index is 5.66. The highest BCUT2D eigenvalue weighted by Gasteiger charge is 2.12. The zero-order chi connectivity index (χ0) is 14.5. The molecule has 0 saturated carbocycles. The molecule has 3 N–H and O–H groups in total. The monoisotopic (exact) mass is 355 g/mol. The summed E-state index contributed by atoms with van der Waals surface area (Å²) in [5, 5.41) is 3.17. The van der Waals surface area contributed by atoms with Gasteiger partial charge in [0.05, 0.1) is 22.3 Å². The van der Waals surface area contributed by atoms with Crippen molar-refractivity contribution in [2.75, 3.05) is 7.11 Å². The number of aromatic nitrogens is 1. The Morgan fingerprint density at radius 1 is 1.45 bits per heavy atom. The van der Waals surface area contributed by atoms with Gasteiger partial charge in [0.1, 0.15) is 5.75 Å². The first-order chi connectivity index (χ1) is 9.62. The van der Waals surface area contributed by atoms with Crippen molar-refractivity contribution in [2.45, 2.75) is 25.8 Å². The summed E-state index contributed by atoms with van der Waals surface area (Å²) < 4.78 is 6.19. The summed E-state index contributed by atoms with van der Waals surface area (Å²) in [6, 6.07) is 6.24. The molecule has 0 spiro atoms. The van der Waals surface area contributed by atoms with Crippen molar-refractivity contribution in [1.29, 1.82) is 0 Å². The van der Waals surface area contributed by atoms with E-state index in [-0.39, 0.29) is 6.04 Å². The number of rotatable bonds is 6. The van der Waals surface area contributed by atoms with Gasteiger partial charge in [-0.25, -0.2) is 4.98 Å². The average molecular weight is 356 g/mol. The molecule has 1 heterocycles. The average Bonchev–Trinajstić information content (AvgIpc) is 2.83. The molecule has 0 aliphatic heterocycles. The number of hydrogen-bond donors (Lipinski definition) is 2. The minimum absolute atomic E-state index is 0.164. The molecule has 0 aliphatic rings. The summed E-state index contributed by atoms with van der Waals surface area (Å²) in [7, 11) is 1.66. The lowest BCUT2D eigenvalue weighted by Gasteiger charge is -2.15. The van der Waals surface area contributed by atoms with Crippen LogP contribution >= 0.6 is 27.3 Å². The number of nitrogens with zero attached hydrogens (tertiary/aromatic N) is 1. The molecule has 0 saturated heterocycles. The van der Waals surface area contributed by atoms with Gasteiger partial charge in [0, 0.05) is 17.8 Å². The number of benzene rings is 1. The number of hydrogen-bond acceptors (Lipinski definition) is 5. The maximum atomic E-state index is 5.66. The lowest BCUT2D eigenvalue weighted by atomic mass is 10.0. The molecular formula is C14H18BrN3OS. The summed E-state index contributed by atoms with van der Waals surface area (Å²) in [5.41, 5.74) is 5.16. The first-order valence-electron chi connectivity index (χ1n) is 6.32. The number of hydrazine groups is 1. The molecule has 0 radical (unpaired) electrons. The van der Waals surface area contributed by atoms with E-state index in [1.807, 2.05) is 13.0 Å². The third-order valence-electron chi connectivity index (χ3n) is 3.06. The van der Waals surface area contributed by atoms with E-state index in [2.05, 4.69) is 43.9 Å². The Balaban J connectivity index is 2.04. The van der Waals surface area contributed by atoms with Gasteiger partial charge in [0.15, 0.2) is 0 Å². The summed E-state index contributed by atoms with van der Waals surface area (Å²) in [4.78, 5) is 4.48. The molecule has 1 aromatic heterocycles. The van der Waals surface area contributed by atoms with Crippen LogP contribution in [-0.4, -0.2) is 18.1 Å². The van der Waals surface area contributed by atoms with Crippen molar-refractivity contribution in [3.8, 4) is 5.75 Å². The van der Waals surface area contributed by atoms with E-state index in [9.17, 15) is 0 Å². The smallest absolute Gasteiger partial charge is 0.133 e. The number of methoxy groups -OCH3 is 1. The van der Waals surface area contributed by atoms with Gasteiger partial charge in [-0.1, -0.05) is 6.07 Å². The molecule has 0 bridgehead atoms. The van der Waals surface area contributed by atoms with E-state index in [1.165, 1.54) is 5.56 Å². The lowest BCUT2D eigenvalue weighted by molar-refractivity contribution is 0.411. The third kappa shape index (κ3) is 4.02. The Hall–Kier alpha value is -0.950. The third-order valence-corrected chi connectivity index (χ3v) is 4.50. The molecule has 20 heavy (non-hydrogen) atoms. The fourth-order valence-electron chi connectivity index (χ4n) is 2.07. The Kier molecular flexibility index (Phi) is 5.54. The summed E-state index contributed by atoms with van der Waals surface area (Å²) in [5.74, 6) is 6.49. The predicted octanol–water partition coefficient (Wildman–Crippen LogP) is 2.84. The second-order valence-electron chi connectivity index (χ2n) is 4.60. The van der Waals surface area contributed by atoms with Gasteiger partial charge in [0.2, 0.25) is 0 Å². The lowest BCUT2D eigenvalue weighted by Crippen LogP contribution is -2.38. The van der Waals surface area contributed by atoms with E-state index < -0.39 is 0 Å². The molecule has 2 rings (SSSR count). The van der Waals surface area contributed by atoms with Crippen LogP contribution in [0.5, 0.6) is 5.75 Å². The number of nitrogens with one attached hydrogen (secondary N) is 1. The van der Waals surface area contributed by atoms with Crippen LogP contribution in [0.4, 0.5) is 0 Å². The van der Waals surface area contributed by atoms with Crippen LogP contribution in [0.2, 0.25) is 0 Å². The number of nitrogens with two attached hydrogens (primary N) is 1. The Bertz CT molecular complexity index is 573. The predicted molar refractivity (Wildman–Crippen MR) is 86.1 cm³/mol. The highest BCUT2D eigenvalue weighted by Crippen LogP contribution is 2.26. The number of halogens is 1. The topological polar surface area (TPSA) is 60.2 Å². The van der Waals surface area contributed by atoms with Crippen LogP contribution in [0.3, 0.4) is 0 Å². The molecule has 1 aromatic carbocycles. The molecule has 2 aromatic rings. The fraction of sp³-hybridized carbons (Fsp3) is 0.357. The highest BCUT2D eigenvalue weighted by atomic mass is 79.9. The van der Waals surface area contributed by atoms with Gasteiger partial charge in [0.25, 0.3) is 0 Å². The van der Waals surface area contributed by atoms with Crippen LogP contribution in [0.1, 0.15) is 16.3 Å². The van der Waals surface area contributed by atoms with Crippen LogP contribution < -0.4 is 16.0 Å². The minimum Gasteiger partial charge on any atom is -0.496 e. The molecule has 0 amide bonds. The molecular weight excluding hydrogens is 338 g/mol. The molecule has 0 fully saturated rings. The zero-order valence-corrected chi connectivity index (χ0v) is 13.9. The number of aryl methyl sites for hydroxylation is 1. The molecule has 1 unspecified atom stereocenters. The highest BCUT2D eigenvalue weighted by molar-refractivity contribution is 9.10. The normalized spacial score (nSPS) is 12.4. The van der Waals surface area contributed by atoms with Gasteiger partial charge in [-0.05, 0) is 47.0 Å². The first kappa shape index (κ1) is 15.4. The van der Waals surface area contributed by atoms with Crippen molar-refractivity contribution in [2.24, 2.45) is 5.84 Å². The van der Waals surface area contributed by atoms with Crippen LogP contribution in [0.15, 0.2) is 28.1 Å². The minimum atomic E-state index is 0.164. The molecule has 4 nitrogen and oxygen atoms in total. The van der Waals surface area contributed by atoms with Crippen molar-refractivity contribution in [3.63, 3.8) is 0 Å². The standard InChI is InChI=1S/C14H18BrN3OS/c1-9-17-12(8-20-9)7-11(18-16)5-10-3-4-14(19-2)13(15)6-10/h3-4,6,8,11,18H,5,7,16H2,1-2H3. The Labute approximate surface area is 131 Å². The quantitative estimate of drug-likeness (QED) is 0.617. The second kappa shape index (κ2) is 7.17. The summed E-state index contributed by atoms with van der Waals surface area (Å²) in [6.07, 6.45) is 1.67. The Morgan fingerprint density at radius 3 is 2.80 bits per heavy atom. The van der Waals surface area contributed by atoms with E-state index in [0.717, 1.165) is 33.8 Å². The van der Waals surface area contributed by atoms with E-state index in [0.29, 0.717) is 0 Å². The number of thiazole rings is 1. The van der Waals surface area contributed by atoms with Gasteiger partial charge in [-0.3, -0.25) is 11.3 Å². The van der Waals surface area contributed by atoms with Gasteiger partial charge < -0.3 is 4.74 Å². The van der Waals surface area contributed by atoms with Crippen molar-refractivity contribution < 1.29 is 4.74 Å². The van der Waals surface area contributed by atoms with Gasteiger partial charge in [-0.15, -0.1) is 11.3 Å². The van der Waals surface area contributed by atoms with E-state index in [4.69, 9.17) is 10.6 Å². The fourth-order valence-corrected chi connectivity index (χ4v) is 3.28. The van der Waals surface area contributed by atoms with E-state index in [1.54, 1.807) is 18.4 Å². The molecule has 6 heteroatoms. The SMILES string of the molecule is COc1ccc(CC(Cc2csc(C)n2)NN)cc1Br. The van der Waals surface area contributed by atoms with Crippen LogP contribution in [-0.2, 0) is 12.8 Å². The van der Waals surface area contributed by atoms with Gasteiger partial charge >= 0.3 is 0 Å². The largest absolute Gasteiger partial charge is 0.496 e. The molecule has 1 atom stereocenters. The maximum Gasteiger partial charge on any atom is 0.133 e. The summed E-state index contributed by atoms with van der Waals surface area (Å²) >= 11 is 5.17. The molecule has 0 aliphatic carbocycles. The second-order valence-corrected chi connectivity index (χ2v) is 6.52. The Morgan fingerprint density at radius 2 is 2.25 bits per heavy atom. The number of ether oxygens (including phenoxy) is 1. The van der Waals surface area contributed by atoms with Crippen molar-refractivity contribution >= 4 is 27.3 Å². The molecule has 108 valence electrons. The van der Waals surface area contributed by atoms with Gasteiger partial charge in [-0.2, -0.15) is 0 Å². The first-order valence-corrected chi connectivity index (χ1v) is 7.99.